The van der Waals surface area contributed by atoms with Gasteiger partial charge < -0.3 is 15.0 Å². The van der Waals surface area contributed by atoms with Gasteiger partial charge in [0.15, 0.2) is 0 Å². The van der Waals surface area contributed by atoms with E-state index >= 15 is 0 Å². The Morgan fingerprint density at radius 3 is 2.41 bits per heavy atom. The highest BCUT2D eigenvalue weighted by Gasteiger charge is 2.38. The molecule has 0 atom stereocenters. The Kier molecular flexibility index (Phi) is 3.74. The van der Waals surface area contributed by atoms with Gasteiger partial charge in [0.25, 0.3) is 5.91 Å². The normalized spacial score (nSPS) is 16.7. The molecule has 1 heterocycles. The molecule has 0 saturated heterocycles. The monoisotopic (exact) mass is 299 g/mol. The van der Waals surface area contributed by atoms with Crippen LogP contribution in [0.2, 0.25) is 0 Å². The Morgan fingerprint density at radius 2 is 1.86 bits per heavy atom. The van der Waals surface area contributed by atoms with Crippen molar-refractivity contribution in [1.29, 1.82) is 0 Å². The molecule has 0 bridgehead atoms. The Bertz CT molecular complexity index is 682. The third-order valence-corrected chi connectivity index (χ3v) is 4.51. The molecule has 0 spiro atoms. The van der Waals surface area contributed by atoms with Crippen LogP contribution >= 0.6 is 0 Å². The van der Waals surface area contributed by atoms with E-state index in [1.807, 2.05) is 42.7 Å². The molecule has 1 aromatic carbocycles. The lowest BCUT2D eigenvalue weighted by atomic mass is 10.0. The number of aryl methyl sites for hydroxylation is 1. The minimum Gasteiger partial charge on any atom is -0.380 e. The van der Waals surface area contributed by atoms with Crippen LogP contribution in [0.1, 0.15) is 37.1 Å². The van der Waals surface area contributed by atoms with Crippen LogP contribution in [-0.2, 0) is 4.79 Å². The van der Waals surface area contributed by atoms with Gasteiger partial charge in [-0.1, -0.05) is 0 Å². The van der Waals surface area contributed by atoms with Crippen LogP contribution in [0.15, 0.2) is 30.6 Å². The number of nitrogens with zero attached hydrogens (tertiary/aromatic N) is 2. The van der Waals surface area contributed by atoms with E-state index in [9.17, 15) is 9.90 Å². The van der Waals surface area contributed by atoms with Gasteiger partial charge >= 0.3 is 0 Å². The Hall–Kier alpha value is -2.14. The lowest BCUT2D eigenvalue weighted by molar-refractivity contribution is -0.133. The minimum absolute atomic E-state index is 0.299. The molecule has 0 radical (unpaired) electrons. The molecule has 1 aliphatic carbocycles. The molecule has 1 saturated carbocycles. The van der Waals surface area contributed by atoms with Crippen molar-refractivity contribution >= 4 is 11.6 Å². The number of aliphatic hydroxyl groups is 1. The number of carbonyl (C=O) groups excluding carboxylic acids is 1. The molecule has 2 aromatic rings. The number of anilines is 1. The van der Waals surface area contributed by atoms with Gasteiger partial charge in [-0.2, -0.15) is 0 Å². The topological polar surface area (TPSA) is 67.2 Å². The van der Waals surface area contributed by atoms with Crippen LogP contribution in [0.4, 0.5) is 5.69 Å². The molecule has 1 aromatic heterocycles. The average Bonchev–Trinajstić information content (AvgIpc) is 3.09. The standard InChI is InChI=1S/C17H21N3O2/c1-12-13(2)20(11-18-12)15-7-5-14(6-8-15)19-16(21)17(22)9-3-4-10-17/h5-8,11,22H,3-4,9-10H2,1-2H3,(H,19,21). The van der Waals surface area contributed by atoms with Gasteiger partial charge in [-0.25, -0.2) is 4.98 Å². The van der Waals surface area contributed by atoms with Gasteiger partial charge in [-0.05, 0) is 63.8 Å². The van der Waals surface area contributed by atoms with Gasteiger partial charge in [0.1, 0.15) is 5.60 Å². The first-order valence-electron chi connectivity index (χ1n) is 7.64. The first-order valence-corrected chi connectivity index (χ1v) is 7.64. The quantitative estimate of drug-likeness (QED) is 0.915. The van der Waals surface area contributed by atoms with E-state index < -0.39 is 5.60 Å². The molecule has 0 unspecified atom stereocenters. The van der Waals surface area contributed by atoms with E-state index in [2.05, 4.69) is 10.3 Å². The summed E-state index contributed by atoms with van der Waals surface area (Å²) in [5.74, 6) is -0.299. The van der Waals surface area contributed by atoms with Crippen LogP contribution in [0.25, 0.3) is 5.69 Å². The Morgan fingerprint density at radius 1 is 1.23 bits per heavy atom. The fraction of sp³-hybridized carbons (Fsp3) is 0.412. The molecule has 1 fully saturated rings. The van der Waals surface area contributed by atoms with Crippen molar-refractivity contribution in [2.45, 2.75) is 45.1 Å². The van der Waals surface area contributed by atoms with Crippen molar-refractivity contribution < 1.29 is 9.90 Å². The van der Waals surface area contributed by atoms with Crippen molar-refractivity contribution in [1.82, 2.24) is 9.55 Å². The first kappa shape index (κ1) is 14.8. The summed E-state index contributed by atoms with van der Waals surface area (Å²) in [4.78, 5) is 16.5. The molecule has 22 heavy (non-hydrogen) atoms. The molecule has 1 amide bonds. The predicted molar refractivity (Wildman–Crippen MR) is 85.1 cm³/mol. The fourth-order valence-electron chi connectivity index (χ4n) is 2.90. The largest absolute Gasteiger partial charge is 0.380 e. The summed E-state index contributed by atoms with van der Waals surface area (Å²) >= 11 is 0. The lowest BCUT2D eigenvalue weighted by Crippen LogP contribution is -2.40. The van der Waals surface area contributed by atoms with Crippen LogP contribution in [0, 0.1) is 13.8 Å². The fourth-order valence-corrected chi connectivity index (χ4v) is 2.90. The van der Waals surface area contributed by atoms with Crippen molar-refractivity contribution in [3.05, 3.63) is 42.0 Å². The van der Waals surface area contributed by atoms with Gasteiger partial charge in [-0.3, -0.25) is 4.79 Å². The Balaban J connectivity index is 1.74. The minimum atomic E-state index is -1.20. The zero-order valence-electron chi connectivity index (χ0n) is 13.0. The second-order valence-corrected chi connectivity index (χ2v) is 6.03. The number of imidazole rings is 1. The zero-order chi connectivity index (χ0) is 15.7. The summed E-state index contributed by atoms with van der Waals surface area (Å²) in [6, 6.07) is 7.56. The van der Waals surface area contributed by atoms with E-state index in [0.717, 1.165) is 29.9 Å². The molecule has 5 nitrogen and oxygen atoms in total. The Labute approximate surface area is 130 Å². The van der Waals surface area contributed by atoms with Crippen LogP contribution < -0.4 is 5.32 Å². The van der Waals surface area contributed by atoms with Gasteiger partial charge in [0.2, 0.25) is 0 Å². The maximum atomic E-state index is 12.2. The molecule has 5 heteroatoms. The van der Waals surface area contributed by atoms with E-state index in [-0.39, 0.29) is 5.91 Å². The van der Waals surface area contributed by atoms with Crippen molar-refractivity contribution in [2.24, 2.45) is 0 Å². The second kappa shape index (κ2) is 5.57. The third kappa shape index (κ3) is 2.64. The summed E-state index contributed by atoms with van der Waals surface area (Å²) in [6.45, 7) is 4.00. The number of amides is 1. The maximum Gasteiger partial charge on any atom is 0.256 e. The molecule has 2 N–H and O–H groups in total. The number of hydrogen-bond donors (Lipinski definition) is 2. The average molecular weight is 299 g/mol. The van der Waals surface area contributed by atoms with Gasteiger partial charge in [0.05, 0.1) is 12.0 Å². The number of benzene rings is 1. The van der Waals surface area contributed by atoms with E-state index in [0.29, 0.717) is 18.5 Å². The highest BCUT2D eigenvalue weighted by Crippen LogP contribution is 2.30. The van der Waals surface area contributed by atoms with E-state index in [4.69, 9.17) is 0 Å². The van der Waals surface area contributed by atoms with Gasteiger partial charge in [-0.15, -0.1) is 0 Å². The highest BCUT2D eigenvalue weighted by molar-refractivity contribution is 5.97. The molecule has 1 aliphatic rings. The van der Waals surface area contributed by atoms with Gasteiger partial charge in [0, 0.05) is 17.1 Å². The third-order valence-electron chi connectivity index (χ3n) is 4.51. The summed E-state index contributed by atoms with van der Waals surface area (Å²) in [7, 11) is 0. The van der Waals surface area contributed by atoms with Crippen LogP contribution in [0.3, 0.4) is 0 Å². The van der Waals surface area contributed by atoms with Crippen molar-refractivity contribution in [2.75, 3.05) is 5.32 Å². The van der Waals surface area contributed by atoms with Crippen LogP contribution in [-0.4, -0.2) is 26.2 Å². The van der Waals surface area contributed by atoms with Crippen molar-refractivity contribution in [3.8, 4) is 5.69 Å². The second-order valence-electron chi connectivity index (χ2n) is 6.03. The van der Waals surface area contributed by atoms with E-state index in [1.54, 1.807) is 6.33 Å². The lowest BCUT2D eigenvalue weighted by Gasteiger charge is -2.21. The van der Waals surface area contributed by atoms with Crippen molar-refractivity contribution in [3.63, 3.8) is 0 Å². The highest BCUT2D eigenvalue weighted by atomic mass is 16.3. The first-order chi connectivity index (χ1) is 10.5. The summed E-state index contributed by atoms with van der Waals surface area (Å²) in [5, 5.41) is 13.1. The summed E-state index contributed by atoms with van der Waals surface area (Å²) in [5.41, 5.74) is 2.59. The molecular formula is C17H21N3O2. The maximum absolute atomic E-state index is 12.2. The summed E-state index contributed by atoms with van der Waals surface area (Å²) in [6.07, 6.45) is 4.69. The zero-order valence-corrected chi connectivity index (χ0v) is 13.0. The SMILES string of the molecule is Cc1ncn(-c2ccc(NC(=O)C3(O)CCCC3)cc2)c1C. The number of hydrogen-bond acceptors (Lipinski definition) is 3. The molecule has 0 aliphatic heterocycles. The molecular weight excluding hydrogens is 278 g/mol. The number of nitrogens with one attached hydrogen (secondary N) is 1. The van der Waals surface area contributed by atoms with E-state index in [1.165, 1.54) is 0 Å². The number of rotatable bonds is 3. The smallest absolute Gasteiger partial charge is 0.256 e. The number of carbonyl (C=O) groups is 1. The number of aromatic nitrogens is 2. The molecule has 3 rings (SSSR count). The molecule has 116 valence electrons. The predicted octanol–water partition coefficient (Wildman–Crippen LogP) is 2.73. The van der Waals surface area contributed by atoms with Crippen LogP contribution in [0.5, 0.6) is 0 Å². The summed E-state index contributed by atoms with van der Waals surface area (Å²) < 4.78 is 2.01.